The van der Waals surface area contributed by atoms with Crippen molar-refractivity contribution in [3.8, 4) is 11.3 Å². The first-order valence-electron chi connectivity index (χ1n) is 11.8. The minimum absolute atomic E-state index is 0.0209. The second-order valence-corrected chi connectivity index (χ2v) is 10.5. The van der Waals surface area contributed by atoms with Crippen molar-refractivity contribution in [2.24, 2.45) is 5.92 Å². The van der Waals surface area contributed by atoms with Crippen LogP contribution in [0.25, 0.3) is 11.3 Å². The van der Waals surface area contributed by atoms with E-state index in [1.807, 2.05) is 4.90 Å². The fraction of sp³-hybridized carbons (Fsp3) is 0.385. The Labute approximate surface area is 215 Å². The maximum Gasteiger partial charge on any atom is 0.338 e. The molecule has 2 saturated carbocycles. The third-order valence-electron chi connectivity index (χ3n) is 7.46. The van der Waals surface area contributed by atoms with Gasteiger partial charge < -0.3 is 19.3 Å². The molecule has 0 amide bonds. The number of aromatic nitrogens is 1. The number of hydrogen-bond acceptors (Lipinski definition) is 5. The standard InChI is InChI=1S/C26H22Cl2F2N2O4/c27-17-2-1-3-18(28)23(17)24-16(25(36-31-24)12-4-5-12)11-35-22-7-14-6-13(22)10-32(14)21-9-19(29)15(26(33)34)8-20(21)30/h1-3,8-9,12-14,22H,4-7,10-11H2,(H,33,34)/t13-,14-,22+/m0/s1. The van der Waals surface area contributed by atoms with Crippen LogP contribution in [0.5, 0.6) is 0 Å². The second-order valence-electron chi connectivity index (χ2n) is 9.72. The highest BCUT2D eigenvalue weighted by Crippen LogP contribution is 2.47. The summed E-state index contributed by atoms with van der Waals surface area (Å²) in [5.74, 6) is -1.92. The van der Waals surface area contributed by atoms with Gasteiger partial charge in [0.15, 0.2) is 0 Å². The summed E-state index contributed by atoms with van der Waals surface area (Å²) in [7, 11) is 0. The molecule has 3 atom stereocenters. The van der Waals surface area contributed by atoms with E-state index in [4.69, 9.17) is 37.6 Å². The van der Waals surface area contributed by atoms with Gasteiger partial charge >= 0.3 is 5.97 Å². The zero-order valence-corrected chi connectivity index (χ0v) is 20.5. The Morgan fingerprint density at radius 1 is 1.17 bits per heavy atom. The van der Waals surface area contributed by atoms with Crippen LogP contribution < -0.4 is 4.90 Å². The highest BCUT2D eigenvalue weighted by molar-refractivity contribution is 6.39. The van der Waals surface area contributed by atoms with Crippen LogP contribution in [-0.4, -0.2) is 34.9 Å². The molecule has 3 fully saturated rings. The lowest BCUT2D eigenvalue weighted by Crippen LogP contribution is -2.39. The topological polar surface area (TPSA) is 75.8 Å². The van der Waals surface area contributed by atoms with Gasteiger partial charge in [-0.05, 0) is 43.9 Å². The molecule has 2 heterocycles. The van der Waals surface area contributed by atoms with Crippen molar-refractivity contribution in [2.45, 2.75) is 50.4 Å². The molecule has 0 unspecified atom stereocenters. The fourth-order valence-electron chi connectivity index (χ4n) is 5.56. The summed E-state index contributed by atoms with van der Waals surface area (Å²) < 4.78 is 41.0. The lowest BCUT2D eigenvalue weighted by molar-refractivity contribution is 0.0122. The van der Waals surface area contributed by atoms with Gasteiger partial charge in [-0.3, -0.25) is 0 Å². The molecule has 0 radical (unpaired) electrons. The van der Waals surface area contributed by atoms with E-state index in [1.54, 1.807) is 18.2 Å². The van der Waals surface area contributed by atoms with Crippen molar-refractivity contribution in [3.05, 3.63) is 68.9 Å². The molecule has 2 bridgehead atoms. The van der Waals surface area contributed by atoms with Crippen LogP contribution in [0.3, 0.4) is 0 Å². The smallest absolute Gasteiger partial charge is 0.338 e. The normalized spacial score (nSPS) is 23.0. The molecule has 3 aliphatic rings. The van der Waals surface area contributed by atoms with Crippen LogP contribution in [-0.2, 0) is 11.3 Å². The third kappa shape index (κ3) is 4.05. The number of anilines is 1. The zero-order valence-electron chi connectivity index (χ0n) is 19.0. The van der Waals surface area contributed by atoms with Crippen LogP contribution >= 0.6 is 23.2 Å². The average molecular weight is 535 g/mol. The van der Waals surface area contributed by atoms with Crippen LogP contribution in [0.15, 0.2) is 34.9 Å². The Balaban J connectivity index is 1.19. The summed E-state index contributed by atoms with van der Waals surface area (Å²) in [5.41, 5.74) is 1.49. The number of carboxylic acid groups (broad SMARTS) is 1. The minimum atomic E-state index is -1.49. The predicted molar refractivity (Wildman–Crippen MR) is 130 cm³/mol. The van der Waals surface area contributed by atoms with Gasteiger partial charge in [0.1, 0.15) is 23.1 Å². The number of ether oxygens (including phenoxy) is 1. The first kappa shape index (κ1) is 23.7. The number of benzene rings is 2. The molecule has 3 aromatic rings. The monoisotopic (exact) mass is 534 g/mol. The van der Waals surface area contributed by atoms with Crippen LogP contribution in [0.4, 0.5) is 14.5 Å². The van der Waals surface area contributed by atoms with E-state index in [0.717, 1.165) is 42.7 Å². The number of piperidine rings is 1. The lowest BCUT2D eigenvalue weighted by atomic mass is 10.0. The largest absolute Gasteiger partial charge is 0.478 e. The summed E-state index contributed by atoms with van der Waals surface area (Å²) in [5, 5.41) is 14.3. The number of aromatic carboxylic acids is 1. The average Bonchev–Trinajstić information content (AvgIpc) is 3.29. The summed E-state index contributed by atoms with van der Waals surface area (Å²) in [4.78, 5) is 12.9. The van der Waals surface area contributed by atoms with Crippen molar-refractivity contribution < 1.29 is 27.9 Å². The molecule has 6 rings (SSSR count). The molecule has 1 N–H and O–H groups in total. The van der Waals surface area contributed by atoms with Crippen molar-refractivity contribution in [2.75, 3.05) is 11.4 Å². The van der Waals surface area contributed by atoms with Crippen molar-refractivity contribution >= 4 is 34.9 Å². The van der Waals surface area contributed by atoms with E-state index in [0.29, 0.717) is 40.2 Å². The van der Waals surface area contributed by atoms with Crippen LogP contribution in [0, 0.1) is 17.6 Å². The van der Waals surface area contributed by atoms with Gasteiger partial charge in [0.05, 0.1) is 34.0 Å². The molecule has 2 aliphatic carbocycles. The Bertz CT molecular complexity index is 1340. The number of halogens is 4. The van der Waals surface area contributed by atoms with E-state index in [2.05, 4.69) is 5.16 Å². The first-order valence-corrected chi connectivity index (χ1v) is 12.6. The van der Waals surface area contributed by atoms with Gasteiger partial charge in [0.2, 0.25) is 0 Å². The molecule has 10 heteroatoms. The van der Waals surface area contributed by atoms with E-state index >= 15 is 0 Å². The Hall–Kier alpha value is -2.68. The molecule has 0 spiro atoms. The predicted octanol–water partition coefficient (Wildman–Crippen LogP) is 6.69. The SMILES string of the molecule is O=C(O)c1cc(F)c(N2C[C@@H]3C[C@H]2C[C@H]3OCc2c(-c3c(Cl)cccc3Cl)noc2C2CC2)cc1F. The number of rotatable bonds is 7. The molecular weight excluding hydrogens is 513 g/mol. The lowest BCUT2D eigenvalue weighted by Gasteiger charge is -2.33. The highest BCUT2D eigenvalue weighted by atomic mass is 35.5. The van der Waals surface area contributed by atoms with Gasteiger partial charge in [-0.25, -0.2) is 13.6 Å². The molecule has 1 aromatic heterocycles. The second kappa shape index (κ2) is 9.01. The summed E-state index contributed by atoms with van der Waals surface area (Å²) in [6, 6.07) is 7.00. The highest BCUT2D eigenvalue weighted by Gasteiger charge is 2.46. The zero-order chi connectivity index (χ0) is 25.1. The maximum absolute atomic E-state index is 14.7. The maximum atomic E-state index is 14.7. The molecule has 2 aromatic carbocycles. The molecule has 1 aliphatic heterocycles. The number of hydrogen-bond donors (Lipinski definition) is 1. The van der Waals surface area contributed by atoms with E-state index in [1.165, 1.54) is 0 Å². The molecular formula is C26H22Cl2F2N2O4. The van der Waals surface area contributed by atoms with Crippen molar-refractivity contribution in [3.63, 3.8) is 0 Å². The fourth-order valence-corrected chi connectivity index (χ4v) is 6.14. The molecule has 36 heavy (non-hydrogen) atoms. The van der Waals surface area contributed by atoms with Crippen molar-refractivity contribution in [1.29, 1.82) is 0 Å². The molecule has 188 valence electrons. The van der Waals surface area contributed by atoms with E-state index < -0.39 is 23.2 Å². The summed E-state index contributed by atoms with van der Waals surface area (Å²) in [6.45, 7) is 0.789. The van der Waals surface area contributed by atoms with Gasteiger partial charge in [-0.15, -0.1) is 0 Å². The molecule has 6 nitrogen and oxygen atoms in total. The van der Waals surface area contributed by atoms with E-state index in [9.17, 15) is 13.6 Å². The van der Waals surface area contributed by atoms with Crippen molar-refractivity contribution in [1.82, 2.24) is 5.16 Å². The van der Waals surface area contributed by atoms with E-state index in [-0.39, 0.29) is 30.4 Å². The van der Waals surface area contributed by atoms with Crippen LogP contribution in [0.1, 0.15) is 53.3 Å². The Kier molecular flexibility index (Phi) is 5.93. The summed E-state index contributed by atoms with van der Waals surface area (Å²) in [6.07, 6.45) is 3.44. The number of fused-ring (bicyclic) bond motifs is 2. The number of nitrogens with zero attached hydrogens (tertiary/aromatic N) is 2. The third-order valence-corrected chi connectivity index (χ3v) is 8.09. The van der Waals surface area contributed by atoms with Gasteiger partial charge in [0.25, 0.3) is 0 Å². The Morgan fingerprint density at radius 2 is 1.92 bits per heavy atom. The first-order chi connectivity index (χ1) is 17.3. The quantitative estimate of drug-likeness (QED) is 0.364. The number of carboxylic acids is 1. The van der Waals surface area contributed by atoms with Gasteiger partial charge in [-0.2, -0.15) is 0 Å². The number of carbonyl (C=O) groups is 1. The van der Waals surface area contributed by atoms with Crippen LogP contribution in [0.2, 0.25) is 10.0 Å². The van der Waals surface area contributed by atoms with Gasteiger partial charge in [0, 0.05) is 41.6 Å². The summed E-state index contributed by atoms with van der Waals surface area (Å²) >= 11 is 12.9. The molecule has 1 saturated heterocycles. The van der Waals surface area contributed by atoms with Gasteiger partial charge in [-0.1, -0.05) is 34.4 Å². The Morgan fingerprint density at radius 3 is 2.56 bits per heavy atom. The minimum Gasteiger partial charge on any atom is -0.478 e.